The average molecular weight is 519 g/mol. The molecule has 2 aromatic carbocycles. The van der Waals surface area contributed by atoms with Crippen LogP contribution in [0.5, 0.6) is 5.75 Å². The Bertz CT molecular complexity index is 1290. The van der Waals surface area contributed by atoms with Crippen molar-refractivity contribution in [2.24, 2.45) is 5.92 Å². The van der Waals surface area contributed by atoms with Crippen molar-refractivity contribution in [3.63, 3.8) is 0 Å². The van der Waals surface area contributed by atoms with Crippen LogP contribution in [-0.2, 0) is 4.79 Å². The number of carbonyl (C=O) groups is 2. The van der Waals surface area contributed by atoms with Crippen LogP contribution in [0.2, 0.25) is 5.02 Å². The first-order chi connectivity index (χ1) is 17.9. The van der Waals surface area contributed by atoms with E-state index >= 15 is 0 Å². The van der Waals surface area contributed by atoms with Crippen molar-refractivity contribution in [1.82, 2.24) is 15.2 Å². The summed E-state index contributed by atoms with van der Waals surface area (Å²) in [4.78, 5) is 31.8. The molecule has 0 spiro atoms. The minimum Gasteiger partial charge on any atom is -0.481 e. The zero-order valence-corrected chi connectivity index (χ0v) is 21.8. The van der Waals surface area contributed by atoms with Crippen LogP contribution in [0.15, 0.2) is 60.8 Å². The second-order valence-corrected chi connectivity index (χ2v) is 10.3. The number of benzene rings is 2. The standard InChI is InChI=1S/C29H31ClN4O3/c1-18(2)29(36)34-15-12-21(13-16-34)33-28(35)22-5-3-7-24-27(22)37-25(17-32-24)19-8-10-20(11-9-19)26-23(30)6-4-14-31-26/h3-11,14,18,21,25,32H,12-13,15-17H2,1-2H3,(H,33,35). The van der Waals surface area contributed by atoms with E-state index in [-0.39, 0.29) is 29.9 Å². The molecule has 1 unspecified atom stereocenters. The Kier molecular flexibility index (Phi) is 7.33. The number of aromatic nitrogens is 1. The molecule has 0 aliphatic carbocycles. The Morgan fingerprint density at radius 3 is 2.54 bits per heavy atom. The molecule has 7 nitrogen and oxygen atoms in total. The molecule has 192 valence electrons. The number of nitrogens with one attached hydrogen (secondary N) is 2. The summed E-state index contributed by atoms with van der Waals surface area (Å²) >= 11 is 6.30. The maximum atomic E-state index is 13.3. The maximum Gasteiger partial charge on any atom is 0.255 e. The lowest BCUT2D eigenvalue weighted by atomic mass is 10.0. The first-order valence-electron chi connectivity index (χ1n) is 12.7. The normalized spacial score (nSPS) is 17.5. The Hall–Kier alpha value is -3.58. The molecular weight excluding hydrogens is 488 g/mol. The fraction of sp³-hybridized carbons (Fsp3) is 0.345. The summed E-state index contributed by atoms with van der Waals surface area (Å²) in [5.74, 6) is 0.556. The molecule has 3 heterocycles. The number of nitrogens with zero attached hydrogens (tertiary/aromatic N) is 2. The molecule has 0 saturated carbocycles. The Morgan fingerprint density at radius 1 is 1.08 bits per heavy atom. The lowest BCUT2D eigenvalue weighted by molar-refractivity contribution is -0.135. The van der Waals surface area contributed by atoms with Crippen molar-refractivity contribution in [2.45, 2.75) is 38.8 Å². The molecule has 1 fully saturated rings. The second kappa shape index (κ2) is 10.8. The lowest BCUT2D eigenvalue weighted by Crippen LogP contribution is -2.47. The molecule has 0 radical (unpaired) electrons. The van der Waals surface area contributed by atoms with Crippen molar-refractivity contribution in [3.8, 4) is 17.0 Å². The van der Waals surface area contributed by atoms with E-state index in [4.69, 9.17) is 16.3 Å². The number of para-hydroxylation sites is 1. The number of carbonyl (C=O) groups excluding carboxylic acids is 2. The van der Waals surface area contributed by atoms with Gasteiger partial charge in [-0.2, -0.15) is 0 Å². The summed E-state index contributed by atoms with van der Waals surface area (Å²) in [7, 11) is 0. The Morgan fingerprint density at radius 2 is 1.84 bits per heavy atom. The number of rotatable bonds is 5. The number of hydrogen-bond acceptors (Lipinski definition) is 5. The summed E-state index contributed by atoms with van der Waals surface area (Å²) in [6.45, 7) is 5.74. The van der Waals surface area contributed by atoms with Crippen molar-refractivity contribution in [2.75, 3.05) is 25.0 Å². The summed E-state index contributed by atoms with van der Waals surface area (Å²) in [5.41, 5.74) is 3.97. The highest BCUT2D eigenvalue weighted by atomic mass is 35.5. The van der Waals surface area contributed by atoms with Gasteiger partial charge in [-0.15, -0.1) is 0 Å². The topological polar surface area (TPSA) is 83.6 Å². The minimum absolute atomic E-state index is 0.0106. The van der Waals surface area contributed by atoms with Crippen LogP contribution in [0.25, 0.3) is 11.3 Å². The van der Waals surface area contributed by atoms with Crippen LogP contribution in [0, 0.1) is 5.92 Å². The van der Waals surface area contributed by atoms with Gasteiger partial charge in [0.1, 0.15) is 6.10 Å². The largest absolute Gasteiger partial charge is 0.481 e. The summed E-state index contributed by atoms with van der Waals surface area (Å²) in [6.07, 6.45) is 2.96. The third kappa shape index (κ3) is 5.42. The van der Waals surface area contributed by atoms with Gasteiger partial charge in [-0.3, -0.25) is 14.6 Å². The van der Waals surface area contributed by atoms with E-state index in [2.05, 4.69) is 15.6 Å². The Balaban J connectivity index is 1.27. The van der Waals surface area contributed by atoms with E-state index in [1.54, 1.807) is 12.3 Å². The predicted molar refractivity (Wildman–Crippen MR) is 145 cm³/mol. The van der Waals surface area contributed by atoms with Gasteiger partial charge in [0, 0.05) is 36.8 Å². The summed E-state index contributed by atoms with van der Waals surface area (Å²) in [5, 5.41) is 7.17. The molecule has 1 saturated heterocycles. The van der Waals surface area contributed by atoms with Crippen LogP contribution in [-0.4, -0.2) is 47.4 Å². The maximum absolute atomic E-state index is 13.3. The monoisotopic (exact) mass is 518 g/mol. The number of fused-ring (bicyclic) bond motifs is 1. The molecule has 5 rings (SSSR count). The highest BCUT2D eigenvalue weighted by molar-refractivity contribution is 6.33. The van der Waals surface area contributed by atoms with Gasteiger partial charge in [0.05, 0.1) is 28.5 Å². The first-order valence-corrected chi connectivity index (χ1v) is 13.1. The summed E-state index contributed by atoms with van der Waals surface area (Å²) < 4.78 is 6.39. The third-order valence-corrected chi connectivity index (χ3v) is 7.25. The van der Waals surface area contributed by atoms with Crippen LogP contribution < -0.4 is 15.4 Å². The molecule has 1 atom stereocenters. The number of hydrogen-bond donors (Lipinski definition) is 2. The lowest BCUT2D eigenvalue weighted by Gasteiger charge is -2.34. The molecule has 1 aromatic heterocycles. The van der Waals surface area contributed by atoms with Crippen LogP contribution >= 0.6 is 11.6 Å². The van der Waals surface area contributed by atoms with Crippen molar-refractivity contribution in [3.05, 3.63) is 76.9 Å². The molecule has 37 heavy (non-hydrogen) atoms. The van der Waals surface area contributed by atoms with Gasteiger partial charge in [0.2, 0.25) is 5.91 Å². The quantitative estimate of drug-likeness (QED) is 0.477. The number of halogens is 1. The van der Waals surface area contributed by atoms with E-state index in [9.17, 15) is 9.59 Å². The van der Waals surface area contributed by atoms with Crippen LogP contribution in [0.4, 0.5) is 5.69 Å². The van der Waals surface area contributed by atoms with E-state index < -0.39 is 0 Å². The van der Waals surface area contributed by atoms with E-state index in [1.807, 2.05) is 67.3 Å². The van der Waals surface area contributed by atoms with E-state index in [1.165, 1.54) is 0 Å². The molecule has 0 bridgehead atoms. The minimum atomic E-state index is -0.250. The average Bonchev–Trinajstić information content (AvgIpc) is 2.93. The molecule has 2 N–H and O–H groups in total. The van der Waals surface area contributed by atoms with Gasteiger partial charge in [-0.25, -0.2) is 0 Å². The fourth-order valence-electron chi connectivity index (χ4n) is 4.88. The number of pyridine rings is 1. The first kappa shape index (κ1) is 25.1. The second-order valence-electron chi connectivity index (χ2n) is 9.85. The molecule has 2 aliphatic heterocycles. The zero-order valence-electron chi connectivity index (χ0n) is 21.0. The van der Waals surface area contributed by atoms with Gasteiger partial charge >= 0.3 is 0 Å². The smallest absolute Gasteiger partial charge is 0.255 e. The predicted octanol–water partition coefficient (Wildman–Crippen LogP) is 5.32. The molecular formula is C29H31ClN4O3. The van der Waals surface area contributed by atoms with Gasteiger partial charge in [0.15, 0.2) is 5.75 Å². The van der Waals surface area contributed by atoms with Gasteiger partial charge in [0.25, 0.3) is 5.91 Å². The van der Waals surface area contributed by atoms with Crippen molar-refractivity contribution in [1.29, 1.82) is 0 Å². The third-order valence-electron chi connectivity index (χ3n) is 6.95. The molecule has 2 aliphatic rings. The van der Waals surface area contributed by atoms with Crippen molar-refractivity contribution >= 4 is 29.1 Å². The number of ether oxygens (including phenoxy) is 1. The Labute approximate surface area is 222 Å². The number of piperidine rings is 1. The SMILES string of the molecule is CC(C)C(=O)N1CCC(NC(=O)c2cccc3c2OC(c2ccc(-c4ncccc4Cl)cc2)CN3)CC1. The van der Waals surface area contributed by atoms with Gasteiger partial charge in [-0.05, 0) is 42.7 Å². The summed E-state index contributed by atoms with van der Waals surface area (Å²) in [6, 6.07) is 17.2. The van der Waals surface area contributed by atoms with Gasteiger partial charge < -0.3 is 20.3 Å². The van der Waals surface area contributed by atoms with Crippen molar-refractivity contribution < 1.29 is 14.3 Å². The van der Waals surface area contributed by atoms with Gasteiger partial charge in [-0.1, -0.05) is 55.8 Å². The molecule has 2 amide bonds. The van der Waals surface area contributed by atoms with Crippen LogP contribution in [0.3, 0.4) is 0 Å². The highest BCUT2D eigenvalue weighted by Gasteiger charge is 2.29. The number of amides is 2. The van der Waals surface area contributed by atoms with E-state index in [0.717, 1.165) is 35.3 Å². The van der Waals surface area contributed by atoms with Crippen LogP contribution in [0.1, 0.15) is 48.7 Å². The van der Waals surface area contributed by atoms with E-state index in [0.29, 0.717) is 36.0 Å². The zero-order chi connectivity index (χ0) is 25.9. The molecule has 3 aromatic rings. The number of likely N-dealkylation sites (tertiary alicyclic amines) is 1. The number of anilines is 1. The highest BCUT2D eigenvalue weighted by Crippen LogP contribution is 2.38. The molecule has 8 heteroatoms. The fourth-order valence-corrected chi connectivity index (χ4v) is 5.11.